The Morgan fingerprint density at radius 3 is 2.50 bits per heavy atom. The number of hydrogen-bond donors (Lipinski definition) is 1. The van der Waals surface area contributed by atoms with Gasteiger partial charge in [-0.05, 0) is 49.7 Å². The van der Waals surface area contributed by atoms with E-state index >= 15 is 0 Å². The summed E-state index contributed by atoms with van der Waals surface area (Å²) in [6.45, 7) is 3.18. The van der Waals surface area contributed by atoms with E-state index in [1.54, 1.807) is 36.4 Å². The van der Waals surface area contributed by atoms with E-state index in [1.165, 1.54) is 11.8 Å². The zero-order valence-electron chi connectivity index (χ0n) is 17.1. The maximum Gasteiger partial charge on any atom is 0.234 e. The van der Waals surface area contributed by atoms with Crippen molar-refractivity contribution in [2.75, 3.05) is 17.7 Å². The largest absolute Gasteiger partial charge is 0.492 e. The molecule has 0 saturated carbocycles. The normalized spacial score (nSPS) is 10.9. The van der Waals surface area contributed by atoms with Crippen molar-refractivity contribution in [2.24, 2.45) is 0 Å². The second-order valence-electron chi connectivity index (χ2n) is 6.66. The first-order chi connectivity index (χ1) is 15.4. The topological polar surface area (TPSA) is 69.0 Å². The van der Waals surface area contributed by atoms with Crippen LogP contribution < -0.4 is 10.1 Å². The molecule has 0 fully saturated rings. The minimum Gasteiger partial charge on any atom is -0.492 e. The van der Waals surface area contributed by atoms with Gasteiger partial charge in [0.15, 0.2) is 5.16 Å². The van der Waals surface area contributed by atoms with Gasteiger partial charge in [-0.25, -0.2) is 0 Å². The van der Waals surface area contributed by atoms with Crippen molar-refractivity contribution in [3.05, 3.63) is 62.3 Å². The molecule has 1 aromatic heterocycles. The van der Waals surface area contributed by atoms with Crippen LogP contribution in [0, 0.1) is 0 Å². The van der Waals surface area contributed by atoms with Gasteiger partial charge in [-0.15, -0.1) is 10.2 Å². The number of aromatic nitrogens is 3. The first kappa shape index (κ1) is 25.0. The Morgan fingerprint density at radius 2 is 1.81 bits per heavy atom. The molecule has 0 unspecified atom stereocenters. The average Bonchev–Trinajstić information content (AvgIpc) is 3.12. The molecule has 1 amide bonds. The molecular weight excluding hydrogens is 514 g/mol. The molecule has 32 heavy (non-hydrogen) atoms. The number of halogens is 4. The van der Waals surface area contributed by atoms with E-state index in [0.717, 1.165) is 12.2 Å². The Hall–Kier alpha value is -1.64. The quantitative estimate of drug-likeness (QED) is 0.233. The number of ether oxygens (including phenoxy) is 1. The number of nitrogens with zero attached hydrogens (tertiary/aromatic N) is 3. The lowest BCUT2D eigenvalue weighted by molar-refractivity contribution is -0.113. The van der Waals surface area contributed by atoms with Crippen LogP contribution in [0.15, 0.2) is 41.6 Å². The van der Waals surface area contributed by atoms with E-state index in [-0.39, 0.29) is 11.7 Å². The van der Waals surface area contributed by atoms with Crippen LogP contribution >= 0.6 is 58.2 Å². The molecule has 11 heteroatoms. The van der Waals surface area contributed by atoms with Crippen LogP contribution in [-0.2, 0) is 17.8 Å². The number of rotatable bonds is 10. The zero-order valence-corrected chi connectivity index (χ0v) is 20.9. The molecule has 0 spiro atoms. The summed E-state index contributed by atoms with van der Waals surface area (Å²) in [6.07, 6.45) is 1.41. The van der Waals surface area contributed by atoms with Gasteiger partial charge >= 0.3 is 0 Å². The van der Waals surface area contributed by atoms with Crippen molar-refractivity contribution in [1.29, 1.82) is 0 Å². The molecule has 0 atom stereocenters. The van der Waals surface area contributed by atoms with E-state index in [9.17, 15) is 4.79 Å². The average molecular weight is 534 g/mol. The van der Waals surface area contributed by atoms with Crippen LogP contribution in [0.3, 0.4) is 0 Å². The summed E-state index contributed by atoms with van der Waals surface area (Å²) in [4.78, 5) is 12.3. The van der Waals surface area contributed by atoms with E-state index in [0.29, 0.717) is 56.3 Å². The summed E-state index contributed by atoms with van der Waals surface area (Å²) in [6, 6.07) is 10.0. The number of hydrogen-bond acceptors (Lipinski definition) is 5. The fourth-order valence-electron chi connectivity index (χ4n) is 2.89. The monoisotopic (exact) mass is 532 g/mol. The summed E-state index contributed by atoms with van der Waals surface area (Å²) >= 11 is 25.3. The fraction of sp³-hybridized carbons (Fsp3) is 0.286. The second-order valence-corrected chi connectivity index (χ2v) is 9.32. The lowest BCUT2D eigenvalue weighted by Crippen LogP contribution is -2.15. The van der Waals surface area contributed by atoms with Gasteiger partial charge in [0.2, 0.25) is 5.91 Å². The molecule has 0 bridgehead atoms. The molecular formula is C21H20Cl4N4O2S. The van der Waals surface area contributed by atoms with Crippen molar-refractivity contribution in [3.8, 4) is 5.75 Å². The molecule has 0 aliphatic rings. The molecule has 3 rings (SSSR count). The van der Waals surface area contributed by atoms with E-state index in [4.69, 9.17) is 51.1 Å². The maximum absolute atomic E-state index is 12.3. The molecule has 1 N–H and O–H groups in total. The first-order valence-electron chi connectivity index (χ1n) is 9.74. The smallest absolute Gasteiger partial charge is 0.234 e. The third kappa shape index (κ3) is 7.18. The Labute approximate surface area is 210 Å². The number of anilines is 1. The van der Waals surface area contributed by atoms with Crippen molar-refractivity contribution in [1.82, 2.24) is 14.8 Å². The highest BCUT2D eigenvalue weighted by atomic mass is 35.5. The van der Waals surface area contributed by atoms with Gasteiger partial charge in [0, 0.05) is 33.7 Å². The number of benzene rings is 2. The minimum atomic E-state index is -0.186. The molecule has 0 aliphatic heterocycles. The molecule has 0 aliphatic carbocycles. The SMILES string of the molecule is CCn1c(CCCOc2ccc(Cl)cc2Cl)nnc1SCC(=O)Nc1cc(Cl)cc(Cl)c1. The van der Waals surface area contributed by atoms with Gasteiger partial charge < -0.3 is 14.6 Å². The Balaban J connectivity index is 1.50. The molecule has 0 saturated heterocycles. The molecule has 3 aromatic rings. The fourth-order valence-corrected chi connectivity index (χ4v) is 4.70. The Kier molecular flexibility index (Phi) is 9.37. The summed E-state index contributed by atoms with van der Waals surface area (Å²) < 4.78 is 7.71. The van der Waals surface area contributed by atoms with Gasteiger partial charge in [0.25, 0.3) is 0 Å². The van der Waals surface area contributed by atoms with Crippen LogP contribution in [0.1, 0.15) is 19.2 Å². The standard InChI is InChI=1S/C21H20Cl4N4O2S/c1-2-29-19(4-3-7-31-18-6-5-13(22)11-17(18)25)27-28-21(29)32-12-20(30)26-16-9-14(23)8-15(24)10-16/h5-6,8-11H,2-4,7,12H2,1H3,(H,26,30). The van der Waals surface area contributed by atoms with Crippen molar-refractivity contribution in [3.63, 3.8) is 0 Å². The number of thioether (sulfide) groups is 1. The number of amides is 1. The first-order valence-corrected chi connectivity index (χ1v) is 12.2. The van der Waals surface area contributed by atoms with Crippen LogP contribution in [0.4, 0.5) is 5.69 Å². The summed E-state index contributed by atoms with van der Waals surface area (Å²) in [5, 5.41) is 13.9. The second kappa shape index (κ2) is 12.0. The lowest BCUT2D eigenvalue weighted by Gasteiger charge is -2.10. The van der Waals surface area contributed by atoms with Gasteiger partial charge in [0.1, 0.15) is 11.6 Å². The number of nitrogens with one attached hydrogen (secondary N) is 1. The van der Waals surface area contributed by atoms with Crippen LogP contribution in [-0.4, -0.2) is 33.0 Å². The van der Waals surface area contributed by atoms with Crippen LogP contribution in [0.5, 0.6) is 5.75 Å². The van der Waals surface area contributed by atoms with Crippen molar-refractivity contribution >= 4 is 69.8 Å². The number of aryl methyl sites for hydroxylation is 1. The maximum atomic E-state index is 12.3. The Bertz CT molecular complexity index is 1070. The summed E-state index contributed by atoms with van der Waals surface area (Å²) in [5.41, 5.74) is 0.548. The van der Waals surface area contributed by atoms with Gasteiger partial charge in [0.05, 0.1) is 17.4 Å². The Morgan fingerprint density at radius 1 is 1.06 bits per heavy atom. The molecule has 2 aromatic carbocycles. The minimum absolute atomic E-state index is 0.181. The lowest BCUT2D eigenvalue weighted by atomic mass is 10.3. The van der Waals surface area contributed by atoms with Crippen molar-refractivity contribution < 1.29 is 9.53 Å². The predicted octanol–water partition coefficient (Wildman–Crippen LogP) is 6.65. The van der Waals surface area contributed by atoms with E-state index in [1.807, 2.05) is 11.5 Å². The third-order valence-corrected chi connectivity index (χ3v) is 6.22. The van der Waals surface area contributed by atoms with Crippen LogP contribution in [0.25, 0.3) is 0 Å². The van der Waals surface area contributed by atoms with E-state index < -0.39 is 0 Å². The molecule has 170 valence electrons. The third-order valence-electron chi connectivity index (χ3n) is 4.28. The highest BCUT2D eigenvalue weighted by Gasteiger charge is 2.14. The van der Waals surface area contributed by atoms with Gasteiger partial charge in [-0.3, -0.25) is 4.79 Å². The van der Waals surface area contributed by atoms with Gasteiger partial charge in [-0.1, -0.05) is 58.2 Å². The zero-order chi connectivity index (χ0) is 23.1. The van der Waals surface area contributed by atoms with Gasteiger partial charge in [-0.2, -0.15) is 0 Å². The predicted molar refractivity (Wildman–Crippen MR) is 132 cm³/mol. The van der Waals surface area contributed by atoms with E-state index in [2.05, 4.69) is 15.5 Å². The molecule has 1 heterocycles. The summed E-state index contributed by atoms with van der Waals surface area (Å²) in [5.74, 6) is 1.42. The highest BCUT2D eigenvalue weighted by Crippen LogP contribution is 2.28. The number of carbonyl (C=O) groups excluding carboxylic acids is 1. The number of carbonyl (C=O) groups is 1. The van der Waals surface area contributed by atoms with Crippen molar-refractivity contribution in [2.45, 2.75) is 31.5 Å². The molecule has 0 radical (unpaired) electrons. The summed E-state index contributed by atoms with van der Waals surface area (Å²) in [7, 11) is 0. The van der Waals surface area contributed by atoms with Crippen LogP contribution in [0.2, 0.25) is 20.1 Å². The molecule has 6 nitrogen and oxygen atoms in total. The highest BCUT2D eigenvalue weighted by molar-refractivity contribution is 7.99.